The Balaban J connectivity index is 1.47. The smallest absolute Gasteiger partial charge is 0.280 e. The van der Waals surface area contributed by atoms with E-state index in [0.29, 0.717) is 23.1 Å². The number of aromatic nitrogens is 2. The molecule has 2 saturated heterocycles. The van der Waals surface area contributed by atoms with Gasteiger partial charge in [-0.3, -0.25) is 10.0 Å². The van der Waals surface area contributed by atoms with Crippen molar-refractivity contribution in [3.8, 4) is 0 Å². The molecule has 2 fully saturated rings. The number of fused-ring (bicyclic) bond motifs is 2. The molecule has 2 aliphatic rings. The van der Waals surface area contributed by atoms with Crippen LogP contribution in [0.2, 0.25) is 0 Å². The Kier molecular flexibility index (Phi) is 3.80. The molecule has 0 unspecified atom stereocenters. The van der Waals surface area contributed by atoms with Gasteiger partial charge in [-0.15, -0.1) is 0 Å². The van der Waals surface area contributed by atoms with Crippen LogP contribution < -0.4 is 9.80 Å². The topological polar surface area (TPSA) is 72.8 Å². The number of anilines is 2. The van der Waals surface area contributed by atoms with E-state index in [0.717, 1.165) is 19.5 Å². The molecule has 0 saturated carbocycles. The Labute approximate surface area is 146 Å². The number of carbonyl (C=O) groups is 1. The monoisotopic (exact) mass is 339 g/mol. The van der Waals surface area contributed by atoms with Gasteiger partial charge in [0, 0.05) is 44.3 Å². The maximum Gasteiger partial charge on any atom is 0.280 e. The molecule has 130 valence electrons. The molecule has 2 aliphatic heterocycles. The van der Waals surface area contributed by atoms with Crippen molar-refractivity contribution in [1.82, 2.24) is 15.0 Å². The van der Waals surface area contributed by atoms with E-state index in [4.69, 9.17) is 0 Å². The fourth-order valence-corrected chi connectivity index (χ4v) is 3.73. The van der Waals surface area contributed by atoms with Gasteiger partial charge < -0.3 is 9.80 Å². The summed E-state index contributed by atoms with van der Waals surface area (Å²) >= 11 is 0. The molecule has 1 amide bonds. The zero-order chi connectivity index (χ0) is 17.6. The van der Waals surface area contributed by atoms with E-state index in [-0.39, 0.29) is 5.56 Å². The van der Waals surface area contributed by atoms with Gasteiger partial charge in [0.05, 0.1) is 11.6 Å². The molecule has 0 radical (unpaired) electrons. The van der Waals surface area contributed by atoms with Crippen LogP contribution in [0.4, 0.5) is 11.6 Å². The Morgan fingerprint density at radius 1 is 1.12 bits per heavy atom. The summed E-state index contributed by atoms with van der Waals surface area (Å²) in [6.07, 6.45) is 4.04. The quantitative estimate of drug-likeness (QED) is 0.678. The predicted molar refractivity (Wildman–Crippen MR) is 94.0 cm³/mol. The summed E-state index contributed by atoms with van der Waals surface area (Å²) in [5.41, 5.74) is 2.82. The first-order valence-electron chi connectivity index (χ1n) is 8.42. The van der Waals surface area contributed by atoms with Crippen molar-refractivity contribution in [2.45, 2.75) is 25.4 Å². The fraction of sp³-hybridized carbons (Fsp3) is 0.389. The lowest BCUT2D eigenvalue weighted by Gasteiger charge is -2.35. The van der Waals surface area contributed by atoms with Crippen molar-refractivity contribution in [3.05, 3.63) is 47.8 Å². The second-order valence-electron chi connectivity index (χ2n) is 6.78. The van der Waals surface area contributed by atoms with Crippen molar-refractivity contribution in [1.29, 1.82) is 0 Å². The number of piperazine rings is 1. The summed E-state index contributed by atoms with van der Waals surface area (Å²) in [6, 6.07) is 9.51. The van der Waals surface area contributed by atoms with Crippen molar-refractivity contribution in [2.24, 2.45) is 0 Å². The highest BCUT2D eigenvalue weighted by molar-refractivity contribution is 5.92. The summed E-state index contributed by atoms with van der Waals surface area (Å²) in [6.45, 7) is 3.94. The largest absolute Gasteiger partial charge is 0.365 e. The molecule has 2 bridgehead atoms. The number of benzene rings is 1. The summed E-state index contributed by atoms with van der Waals surface area (Å²) in [5, 5.41) is 9.75. The zero-order valence-electron chi connectivity index (χ0n) is 14.3. The lowest BCUT2D eigenvalue weighted by atomic mass is 10.2. The van der Waals surface area contributed by atoms with Gasteiger partial charge >= 0.3 is 0 Å². The van der Waals surface area contributed by atoms with Gasteiger partial charge in [0.15, 0.2) is 0 Å². The minimum atomic E-state index is -0.514. The fourth-order valence-electron chi connectivity index (χ4n) is 3.73. The Morgan fingerprint density at radius 2 is 1.72 bits per heavy atom. The maximum absolute atomic E-state index is 11.7. The molecule has 7 heteroatoms. The van der Waals surface area contributed by atoms with Crippen LogP contribution in [0, 0.1) is 6.92 Å². The molecular formula is C18H21N5O2. The molecule has 1 aromatic heterocycles. The first-order valence-corrected chi connectivity index (χ1v) is 8.42. The van der Waals surface area contributed by atoms with Crippen molar-refractivity contribution < 1.29 is 10.0 Å². The van der Waals surface area contributed by atoms with E-state index in [1.54, 1.807) is 0 Å². The van der Waals surface area contributed by atoms with Crippen molar-refractivity contribution in [3.63, 3.8) is 0 Å². The minimum absolute atomic E-state index is 0.277. The zero-order valence-corrected chi connectivity index (χ0v) is 14.3. The Bertz CT molecular complexity index is 775. The number of hydroxylamine groups is 2. The lowest BCUT2D eigenvalue weighted by molar-refractivity contribution is -0.0375. The van der Waals surface area contributed by atoms with E-state index in [2.05, 4.69) is 51.0 Å². The van der Waals surface area contributed by atoms with E-state index in [9.17, 15) is 10.0 Å². The standard InChI is InChI=1S/C18H21N5O2/c1-12-3-5-14(6-4-12)22-10-16-7-15(22)11-23(16)18-19-8-13(9-20-18)17(24)21(2)25/h3-6,8-9,15-16,25H,7,10-11H2,1-2H3/t15-,16-/m0/s1. The summed E-state index contributed by atoms with van der Waals surface area (Å²) in [4.78, 5) is 25.0. The van der Waals surface area contributed by atoms with Crippen molar-refractivity contribution in [2.75, 3.05) is 29.9 Å². The van der Waals surface area contributed by atoms with E-state index >= 15 is 0 Å². The van der Waals surface area contributed by atoms with Gasteiger partial charge in [0.25, 0.3) is 5.91 Å². The highest BCUT2D eigenvalue weighted by Gasteiger charge is 2.44. The van der Waals surface area contributed by atoms with Crippen LogP contribution in [-0.4, -0.2) is 58.4 Å². The average molecular weight is 339 g/mol. The summed E-state index contributed by atoms with van der Waals surface area (Å²) in [5.74, 6) is 0.133. The van der Waals surface area contributed by atoms with Gasteiger partial charge in [-0.1, -0.05) is 17.7 Å². The van der Waals surface area contributed by atoms with E-state index < -0.39 is 5.91 Å². The number of carbonyl (C=O) groups excluding carboxylic acids is 1. The molecule has 0 aliphatic carbocycles. The molecule has 2 aromatic rings. The molecular weight excluding hydrogens is 318 g/mol. The second kappa shape index (κ2) is 6.00. The molecule has 25 heavy (non-hydrogen) atoms. The van der Waals surface area contributed by atoms with E-state index in [1.807, 2.05) is 0 Å². The minimum Gasteiger partial charge on any atom is -0.365 e. The van der Waals surface area contributed by atoms with Crippen LogP contribution in [-0.2, 0) is 0 Å². The Hall–Kier alpha value is -2.67. The third-order valence-corrected chi connectivity index (χ3v) is 5.04. The van der Waals surface area contributed by atoms with Gasteiger partial charge in [0.2, 0.25) is 5.95 Å². The van der Waals surface area contributed by atoms with Crippen LogP contribution in [0.15, 0.2) is 36.7 Å². The average Bonchev–Trinajstić information content (AvgIpc) is 3.22. The van der Waals surface area contributed by atoms with Gasteiger partial charge in [0.1, 0.15) is 0 Å². The van der Waals surface area contributed by atoms with Crippen LogP contribution in [0.1, 0.15) is 22.3 Å². The third kappa shape index (κ3) is 2.80. The Morgan fingerprint density at radius 3 is 2.28 bits per heavy atom. The van der Waals surface area contributed by atoms with Gasteiger partial charge in [-0.05, 0) is 25.5 Å². The highest BCUT2D eigenvalue weighted by atomic mass is 16.5. The molecule has 7 nitrogen and oxygen atoms in total. The van der Waals surface area contributed by atoms with Crippen LogP contribution in [0.5, 0.6) is 0 Å². The normalized spacial score (nSPS) is 21.7. The SMILES string of the molecule is Cc1ccc(N2C[C@@H]3C[C@H]2CN3c2ncc(C(=O)N(C)O)cn2)cc1. The van der Waals surface area contributed by atoms with Crippen LogP contribution >= 0.6 is 0 Å². The van der Waals surface area contributed by atoms with Gasteiger partial charge in [-0.25, -0.2) is 15.0 Å². The lowest BCUT2D eigenvalue weighted by Crippen LogP contribution is -2.47. The maximum atomic E-state index is 11.7. The van der Waals surface area contributed by atoms with Crippen molar-refractivity contribution >= 4 is 17.5 Å². The highest BCUT2D eigenvalue weighted by Crippen LogP contribution is 2.36. The molecule has 1 N–H and O–H groups in total. The van der Waals surface area contributed by atoms with Gasteiger partial charge in [-0.2, -0.15) is 0 Å². The predicted octanol–water partition coefficient (Wildman–Crippen LogP) is 1.71. The first-order chi connectivity index (χ1) is 12.0. The molecule has 1 aromatic carbocycles. The first kappa shape index (κ1) is 15.8. The number of hydrogen-bond acceptors (Lipinski definition) is 6. The second-order valence-corrected chi connectivity index (χ2v) is 6.78. The molecule has 0 spiro atoms. The number of hydrogen-bond donors (Lipinski definition) is 1. The molecule has 2 atom stereocenters. The number of nitrogens with zero attached hydrogens (tertiary/aromatic N) is 5. The van der Waals surface area contributed by atoms with E-state index in [1.165, 1.54) is 30.7 Å². The molecule has 4 rings (SSSR count). The van der Waals surface area contributed by atoms with Crippen LogP contribution in [0.25, 0.3) is 0 Å². The number of amides is 1. The summed E-state index contributed by atoms with van der Waals surface area (Å²) < 4.78 is 0. The van der Waals surface area contributed by atoms with Crippen LogP contribution in [0.3, 0.4) is 0 Å². The summed E-state index contributed by atoms with van der Waals surface area (Å²) in [7, 11) is 1.29. The number of rotatable bonds is 3. The molecule has 3 heterocycles. The third-order valence-electron chi connectivity index (χ3n) is 5.04. The number of aryl methyl sites for hydroxylation is 1.